The number of carboxylic acids is 1. The van der Waals surface area contributed by atoms with Crippen LogP contribution in [0.25, 0.3) is 11.4 Å². The second kappa shape index (κ2) is 14.8. The molecule has 3 aromatic rings. The number of hydrogen-bond donors (Lipinski definition) is 3. The maximum absolute atomic E-state index is 13.0. The molecule has 1 fully saturated rings. The Kier molecular flexibility index (Phi) is 10.9. The normalized spacial score (nSPS) is 16.1. The Balaban J connectivity index is 1.30. The third kappa shape index (κ3) is 9.38. The first-order valence-electron chi connectivity index (χ1n) is 14.5. The van der Waals surface area contributed by atoms with Crippen LogP contribution in [-0.4, -0.2) is 93.3 Å². The Morgan fingerprint density at radius 1 is 1.11 bits per heavy atom. The molecule has 4 rings (SSSR count). The lowest BCUT2D eigenvalue weighted by molar-refractivity contribution is -0.142. The van der Waals surface area contributed by atoms with Gasteiger partial charge in [0.25, 0.3) is 5.91 Å². The maximum atomic E-state index is 13.0. The number of pyridine rings is 1. The van der Waals surface area contributed by atoms with Crippen molar-refractivity contribution in [3.8, 4) is 11.4 Å². The zero-order chi connectivity index (χ0) is 32.6. The van der Waals surface area contributed by atoms with E-state index in [1.807, 2.05) is 30.3 Å². The fraction of sp³-hybridized carbons (Fsp3) is 0.419. The van der Waals surface area contributed by atoms with Crippen LogP contribution in [-0.2, 0) is 20.9 Å². The summed E-state index contributed by atoms with van der Waals surface area (Å²) < 4.78 is 10.7. The van der Waals surface area contributed by atoms with Crippen molar-refractivity contribution in [3.63, 3.8) is 0 Å². The number of aliphatic carboxylic acids is 1. The molecule has 3 amide bonds. The summed E-state index contributed by atoms with van der Waals surface area (Å²) in [4.78, 5) is 61.8. The number of amides is 3. The van der Waals surface area contributed by atoms with Crippen molar-refractivity contribution in [2.45, 2.75) is 57.9 Å². The Labute approximate surface area is 265 Å². The largest absolute Gasteiger partial charge is 0.480 e. The molecule has 0 saturated carbocycles. The van der Waals surface area contributed by atoms with E-state index < -0.39 is 29.8 Å². The number of aromatic nitrogens is 2. The number of anilines is 1. The van der Waals surface area contributed by atoms with Gasteiger partial charge >= 0.3 is 18.2 Å². The Hall–Kier alpha value is -4.72. The van der Waals surface area contributed by atoms with Gasteiger partial charge in [0, 0.05) is 39.1 Å². The van der Waals surface area contributed by atoms with E-state index in [4.69, 9.17) is 9.47 Å². The smallest absolute Gasteiger partial charge is 0.411 e. The lowest BCUT2D eigenvalue weighted by Crippen LogP contribution is -2.43. The zero-order valence-corrected chi connectivity index (χ0v) is 26.5. The minimum atomic E-state index is -1.11. The van der Waals surface area contributed by atoms with E-state index in [2.05, 4.69) is 20.6 Å². The maximum Gasteiger partial charge on any atom is 0.411 e. The van der Waals surface area contributed by atoms with E-state index in [0.717, 1.165) is 5.56 Å². The summed E-state index contributed by atoms with van der Waals surface area (Å²) in [7, 11) is 1.64. The number of benzene rings is 1. The topological polar surface area (TPSA) is 163 Å². The van der Waals surface area contributed by atoms with E-state index in [9.17, 15) is 24.3 Å². The van der Waals surface area contributed by atoms with Crippen LogP contribution >= 0.6 is 11.3 Å². The number of rotatable bonds is 11. The summed E-state index contributed by atoms with van der Waals surface area (Å²) in [5.41, 5.74) is 2.58. The number of hydrogen-bond acceptors (Lipinski definition) is 10. The molecule has 2 atom stereocenters. The van der Waals surface area contributed by atoms with Gasteiger partial charge in [-0.05, 0) is 44.9 Å². The molecule has 3 N–H and O–H groups in total. The Bertz CT molecular complexity index is 1490. The first-order valence-corrected chi connectivity index (χ1v) is 15.4. The molecule has 0 unspecified atom stereocenters. The fourth-order valence-corrected chi connectivity index (χ4v) is 5.37. The number of carbonyl (C=O) groups is 4. The predicted octanol–water partition coefficient (Wildman–Crippen LogP) is 4.47. The van der Waals surface area contributed by atoms with Crippen LogP contribution in [0.4, 0.5) is 15.4 Å². The second-order valence-corrected chi connectivity index (χ2v) is 12.4. The zero-order valence-electron chi connectivity index (χ0n) is 25.7. The summed E-state index contributed by atoms with van der Waals surface area (Å²) in [6.45, 7) is 6.22. The Morgan fingerprint density at radius 3 is 2.58 bits per heavy atom. The van der Waals surface area contributed by atoms with E-state index in [0.29, 0.717) is 41.6 Å². The highest BCUT2D eigenvalue weighted by atomic mass is 32.1. The summed E-state index contributed by atoms with van der Waals surface area (Å²) in [6.07, 6.45) is -0.435. The SMILES string of the molecule is CN(CCCNC(=O)c1scnc1-c1cccc(N[C@H]2C[C@@H](C(=O)O)N(C(=O)OC(C)(C)C)C2)n1)C(=O)OCc1ccccc1. The van der Waals surface area contributed by atoms with Crippen LogP contribution in [0.5, 0.6) is 0 Å². The van der Waals surface area contributed by atoms with Crippen molar-refractivity contribution in [1.82, 2.24) is 25.1 Å². The van der Waals surface area contributed by atoms with Crippen molar-refractivity contribution in [1.29, 1.82) is 0 Å². The number of thiazole rings is 1. The second-order valence-electron chi connectivity index (χ2n) is 11.6. The van der Waals surface area contributed by atoms with Crippen LogP contribution in [0.1, 0.15) is 48.8 Å². The average molecular weight is 639 g/mol. The number of ether oxygens (including phenoxy) is 2. The first-order chi connectivity index (χ1) is 21.4. The molecule has 1 saturated heterocycles. The van der Waals surface area contributed by atoms with E-state index in [1.54, 1.807) is 51.5 Å². The van der Waals surface area contributed by atoms with E-state index >= 15 is 0 Å². The number of carbonyl (C=O) groups excluding carboxylic acids is 3. The Morgan fingerprint density at radius 2 is 1.87 bits per heavy atom. The van der Waals surface area contributed by atoms with Gasteiger partial charge in [0.1, 0.15) is 34.6 Å². The van der Waals surface area contributed by atoms with Gasteiger partial charge in [-0.1, -0.05) is 36.4 Å². The first kappa shape index (κ1) is 33.2. The van der Waals surface area contributed by atoms with Gasteiger partial charge in [-0.15, -0.1) is 11.3 Å². The molecule has 14 heteroatoms. The lowest BCUT2D eigenvalue weighted by atomic mass is 10.1. The monoisotopic (exact) mass is 638 g/mol. The van der Waals surface area contributed by atoms with Gasteiger partial charge in [-0.2, -0.15) is 0 Å². The highest BCUT2D eigenvalue weighted by molar-refractivity contribution is 7.12. The third-order valence-electron chi connectivity index (χ3n) is 6.80. The summed E-state index contributed by atoms with van der Waals surface area (Å²) >= 11 is 1.18. The standard InChI is InChI=1S/C31H38N6O7S/c1-31(2,3)44-30(42)37-17-21(16-23(37)28(39)40)34-24-13-8-12-22(35-24)25-26(45-19-33-25)27(38)32-14-9-15-36(4)29(41)43-18-20-10-6-5-7-11-20/h5-8,10-13,19,21,23H,9,14-18H2,1-4H3,(H,32,38)(H,34,35)(H,39,40)/t21-,23-/m0/s1. The van der Waals surface area contributed by atoms with Crippen LogP contribution in [0.3, 0.4) is 0 Å². The van der Waals surface area contributed by atoms with Gasteiger partial charge in [0.15, 0.2) is 0 Å². The molecule has 1 aliphatic heterocycles. The molecular weight excluding hydrogens is 600 g/mol. The molecule has 2 aromatic heterocycles. The molecule has 1 aliphatic rings. The highest BCUT2D eigenvalue weighted by Gasteiger charge is 2.41. The molecule has 0 bridgehead atoms. The molecule has 3 heterocycles. The summed E-state index contributed by atoms with van der Waals surface area (Å²) in [6, 6.07) is 13.2. The van der Waals surface area contributed by atoms with Crippen LogP contribution in [0.15, 0.2) is 54.0 Å². The molecule has 0 radical (unpaired) electrons. The molecule has 45 heavy (non-hydrogen) atoms. The highest BCUT2D eigenvalue weighted by Crippen LogP contribution is 2.27. The fourth-order valence-electron chi connectivity index (χ4n) is 4.66. The number of likely N-dealkylation sites (tertiary alicyclic amines) is 1. The van der Waals surface area contributed by atoms with E-state index in [-0.39, 0.29) is 31.5 Å². The lowest BCUT2D eigenvalue weighted by Gasteiger charge is -2.26. The molecule has 0 aliphatic carbocycles. The quantitative estimate of drug-likeness (QED) is 0.255. The average Bonchev–Trinajstić information content (AvgIpc) is 3.66. The van der Waals surface area contributed by atoms with Gasteiger partial charge < -0.3 is 30.1 Å². The molecule has 240 valence electrons. The molecule has 0 spiro atoms. The van der Waals surface area contributed by atoms with E-state index in [1.165, 1.54) is 21.1 Å². The third-order valence-corrected chi connectivity index (χ3v) is 7.63. The summed E-state index contributed by atoms with van der Waals surface area (Å²) in [5, 5.41) is 15.8. The van der Waals surface area contributed by atoms with Crippen molar-refractivity contribution < 1.29 is 33.8 Å². The van der Waals surface area contributed by atoms with Crippen molar-refractivity contribution >= 4 is 41.2 Å². The number of carboxylic acid groups (broad SMARTS) is 1. The number of nitrogens with zero attached hydrogens (tertiary/aromatic N) is 4. The molecular formula is C31H38N6O7S. The van der Waals surface area contributed by atoms with Gasteiger partial charge in [0.05, 0.1) is 11.2 Å². The van der Waals surface area contributed by atoms with Crippen LogP contribution in [0.2, 0.25) is 0 Å². The van der Waals surface area contributed by atoms with Crippen LogP contribution in [0, 0.1) is 0 Å². The van der Waals surface area contributed by atoms with Crippen LogP contribution < -0.4 is 10.6 Å². The van der Waals surface area contributed by atoms with Gasteiger partial charge in [-0.3, -0.25) is 9.69 Å². The van der Waals surface area contributed by atoms with Crippen molar-refractivity contribution in [3.05, 3.63) is 64.5 Å². The predicted molar refractivity (Wildman–Crippen MR) is 168 cm³/mol. The molecule has 1 aromatic carbocycles. The minimum absolute atomic E-state index is 0.127. The van der Waals surface area contributed by atoms with Crippen molar-refractivity contribution in [2.75, 3.05) is 32.0 Å². The minimum Gasteiger partial charge on any atom is -0.480 e. The number of nitrogens with one attached hydrogen (secondary N) is 2. The molecule has 13 nitrogen and oxygen atoms in total. The van der Waals surface area contributed by atoms with Gasteiger partial charge in [-0.25, -0.2) is 24.4 Å². The summed E-state index contributed by atoms with van der Waals surface area (Å²) in [5.74, 6) is -0.969. The van der Waals surface area contributed by atoms with Crippen molar-refractivity contribution in [2.24, 2.45) is 0 Å². The van der Waals surface area contributed by atoms with Gasteiger partial charge in [0.2, 0.25) is 0 Å².